The van der Waals surface area contributed by atoms with E-state index >= 15 is 0 Å². The van der Waals surface area contributed by atoms with Gasteiger partial charge in [-0.3, -0.25) is 0 Å². The van der Waals surface area contributed by atoms with Crippen LogP contribution in [0, 0.1) is 11.8 Å². The van der Waals surface area contributed by atoms with Crippen LogP contribution in [0.1, 0.15) is 31.9 Å². The number of carbonyl (C=O) groups is 1. The second-order valence-corrected chi connectivity index (χ2v) is 5.98. The van der Waals surface area contributed by atoms with E-state index in [1.807, 2.05) is 12.1 Å². The van der Waals surface area contributed by atoms with E-state index in [1.165, 1.54) is 0 Å². The van der Waals surface area contributed by atoms with E-state index in [2.05, 4.69) is 33.1 Å². The first-order chi connectivity index (χ1) is 9.31. The number of hydrogen-bond donors (Lipinski definition) is 2. The molecule has 20 heavy (non-hydrogen) atoms. The molecule has 0 unspecified atom stereocenters. The number of amides is 1. The normalized spacial score (nSPS) is 10.4. The Hall–Kier alpha value is -1.51. The van der Waals surface area contributed by atoms with Crippen molar-refractivity contribution in [3.05, 3.63) is 33.8 Å². The Bertz CT molecular complexity index is 538. The molecule has 0 atom stereocenters. The van der Waals surface area contributed by atoms with Gasteiger partial charge in [0.2, 0.25) is 0 Å². The number of hydrogen-bond acceptors (Lipinski definition) is 3. The highest BCUT2D eigenvalue weighted by Crippen LogP contribution is 2.17. The SMILES string of the molecule is CC(C)(C)OC(=O)NCC#Cc1ccc(Br)c(CO)c1. The number of alkyl carbamates (subject to hydrolysis) is 1. The quantitative estimate of drug-likeness (QED) is 0.814. The Kier molecular flexibility index (Phi) is 6.05. The van der Waals surface area contributed by atoms with Crippen molar-refractivity contribution in [2.75, 3.05) is 6.54 Å². The number of rotatable bonds is 2. The molecule has 0 spiro atoms. The van der Waals surface area contributed by atoms with Gasteiger partial charge in [-0.25, -0.2) is 4.79 Å². The molecule has 0 aliphatic rings. The van der Waals surface area contributed by atoms with Crippen molar-refractivity contribution >= 4 is 22.0 Å². The Balaban J connectivity index is 2.53. The van der Waals surface area contributed by atoms with Gasteiger partial charge in [-0.05, 0) is 44.5 Å². The molecule has 5 heteroatoms. The maximum atomic E-state index is 11.4. The van der Waals surface area contributed by atoms with Crippen LogP contribution in [0.4, 0.5) is 4.79 Å². The van der Waals surface area contributed by atoms with Gasteiger partial charge in [0.05, 0.1) is 13.2 Å². The average molecular weight is 340 g/mol. The zero-order valence-corrected chi connectivity index (χ0v) is 13.4. The number of nitrogens with one attached hydrogen (secondary N) is 1. The van der Waals surface area contributed by atoms with E-state index in [0.29, 0.717) is 0 Å². The minimum Gasteiger partial charge on any atom is -0.444 e. The van der Waals surface area contributed by atoms with Crippen molar-refractivity contribution in [3.8, 4) is 11.8 Å². The summed E-state index contributed by atoms with van der Waals surface area (Å²) in [6, 6.07) is 5.46. The second kappa shape index (κ2) is 7.32. The molecule has 0 aliphatic carbocycles. The molecule has 0 saturated carbocycles. The maximum absolute atomic E-state index is 11.4. The molecular weight excluding hydrogens is 322 g/mol. The highest BCUT2D eigenvalue weighted by atomic mass is 79.9. The Morgan fingerprint density at radius 3 is 2.75 bits per heavy atom. The lowest BCUT2D eigenvalue weighted by Gasteiger charge is -2.18. The predicted molar refractivity (Wildman–Crippen MR) is 81.2 cm³/mol. The summed E-state index contributed by atoms with van der Waals surface area (Å²) in [4.78, 5) is 11.4. The number of halogens is 1. The maximum Gasteiger partial charge on any atom is 0.408 e. The zero-order chi connectivity index (χ0) is 15.2. The van der Waals surface area contributed by atoms with E-state index in [4.69, 9.17) is 9.84 Å². The highest BCUT2D eigenvalue weighted by molar-refractivity contribution is 9.10. The lowest BCUT2D eigenvalue weighted by molar-refractivity contribution is 0.0535. The van der Waals surface area contributed by atoms with Gasteiger partial charge in [0.25, 0.3) is 0 Å². The standard InChI is InChI=1S/C15H18BrNO3/c1-15(2,3)20-14(19)17-8-4-5-11-6-7-13(16)12(9-11)10-18/h6-7,9,18H,8,10H2,1-3H3,(H,17,19). The molecule has 0 aliphatic heterocycles. The summed E-state index contributed by atoms with van der Waals surface area (Å²) in [5.41, 5.74) is 1.04. The summed E-state index contributed by atoms with van der Waals surface area (Å²) in [5, 5.41) is 11.7. The van der Waals surface area contributed by atoms with Crippen LogP contribution in [0.25, 0.3) is 0 Å². The Morgan fingerprint density at radius 1 is 1.45 bits per heavy atom. The molecular formula is C15H18BrNO3. The first-order valence-electron chi connectivity index (χ1n) is 6.17. The molecule has 2 N–H and O–H groups in total. The fourth-order valence-electron chi connectivity index (χ4n) is 1.35. The topological polar surface area (TPSA) is 58.6 Å². The molecule has 0 heterocycles. The van der Waals surface area contributed by atoms with Crippen LogP contribution in [0.3, 0.4) is 0 Å². The van der Waals surface area contributed by atoms with Crippen molar-refractivity contribution in [1.29, 1.82) is 0 Å². The summed E-state index contributed by atoms with van der Waals surface area (Å²) in [6.07, 6.45) is -0.487. The fourth-order valence-corrected chi connectivity index (χ4v) is 1.72. The highest BCUT2D eigenvalue weighted by Gasteiger charge is 2.14. The third-order valence-corrected chi connectivity index (χ3v) is 2.94. The minimum absolute atomic E-state index is 0.0493. The molecule has 0 saturated heterocycles. The van der Waals surface area contributed by atoms with E-state index in [0.717, 1.165) is 15.6 Å². The number of carbonyl (C=O) groups excluding carboxylic acids is 1. The number of aliphatic hydroxyl groups is 1. The van der Waals surface area contributed by atoms with Crippen LogP contribution in [-0.4, -0.2) is 23.3 Å². The van der Waals surface area contributed by atoms with Crippen molar-refractivity contribution in [1.82, 2.24) is 5.32 Å². The minimum atomic E-state index is -0.515. The molecule has 1 amide bonds. The van der Waals surface area contributed by atoms with Crippen LogP contribution in [0.2, 0.25) is 0 Å². The van der Waals surface area contributed by atoms with Crippen molar-refractivity contribution in [2.24, 2.45) is 0 Å². The third kappa shape index (κ3) is 6.09. The van der Waals surface area contributed by atoms with E-state index in [-0.39, 0.29) is 13.2 Å². The van der Waals surface area contributed by atoms with Gasteiger partial charge in [0.15, 0.2) is 0 Å². The van der Waals surface area contributed by atoms with Gasteiger partial charge in [-0.2, -0.15) is 0 Å². The van der Waals surface area contributed by atoms with Gasteiger partial charge in [0.1, 0.15) is 5.60 Å². The molecule has 0 aromatic heterocycles. The van der Waals surface area contributed by atoms with Gasteiger partial charge >= 0.3 is 6.09 Å². The van der Waals surface area contributed by atoms with Crippen molar-refractivity contribution in [3.63, 3.8) is 0 Å². The van der Waals surface area contributed by atoms with Crippen molar-refractivity contribution in [2.45, 2.75) is 33.0 Å². The summed E-state index contributed by atoms with van der Waals surface area (Å²) < 4.78 is 5.93. The van der Waals surface area contributed by atoms with Crippen LogP contribution in [-0.2, 0) is 11.3 Å². The van der Waals surface area contributed by atoms with Gasteiger partial charge in [-0.1, -0.05) is 27.8 Å². The van der Waals surface area contributed by atoms with Crippen molar-refractivity contribution < 1.29 is 14.6 Å². The lowest BCUT2D eigenvalue weighted by Crippen LogP contribution is -2.32. The Morgan fingerprint density at radius 2 is 2.15 bits per heavy atom. The van der Waals surface area contributed by atoms with E-state index in [1.54, 1.807) is 26.8 Å². The monoisotopic (exact) mass is 339 g/mol. The molecule has 1 aromatic rings. The predicted octanol–water partition coefficient (Wildman–Crippen LogP) is 2.82. The van der Waals surface area contributed by atoms with E-state index < -0.39 is 11.7 Å². The third-order valence-electron chi connectivity index (χ3n) is 2.17. The lowest BCUT2D eigenvalue weighted by atomic mass is 10.1. The summed E-state index contributed by atoms with van der Waals surface area (Å²) in [5.74, 6) is 5.74. The first-order valence-corrected chi connectivity index (χ1v) is 6.96. The zero-order valence-electron chi connectivity index (χ0n) is 11.8. The number of benzene rings is 1. The number of aliphatic hydroxyl groups excluding tert-OH is 1. The summed E-state index contributed by atoms with van der Waals surface area (Å²) in [7, 11) is 0. The second-order valence-electron chi connectivity index (χ2n) is 5.12. The summed E-state index contributed by atoms with van der Waals surface area (Å²) >= 11 is 3.34. The van der Waals surface area contributed by atoms with E-state index in [9.17, 15) is 4.79 Å². The summed E-state index contributed by atoms with van der Waals surface area (Å²) in [6.45, 7) is 5.56. The molecule has 0 bridgehead atoms. The van der Waals surface area contributed by atoms with Gasteiger partial charge in [0, 0.05) is 10.0 Å². The molecule has 1 rings (SSSR count). The van der Waals surface area contributed by atoms with Crippen LogP contribution in [0.15, 0.2) is 22.7 Å². The molecule has 0 radical (unpaired) electrons. The molecule has 4 nitrogen and oxygen atoms in total. The fraction of sp³-hybridized carbons (Fsp3) is 0.400. The smallest absolute Gasteiger partial charge is 0.408 e. The average Bonchev–Trinajstić information content (AvgIpc) is 2.34. The van der Waals surface area contributed by atoms with Gasteiger partial charge in [-0.15, -0.1) is 0 Å². The molecule has 0 fully saturated rings. The largest absolute Gasteiger partial charge is 0.444 e. The first kappa shape index (κ1) is 16.5. The number of ether oxygens (including phenoxy) is 1. The van der Waals surface area contributed by atoms with Gasteiger partial charge < -0.3 is 15.2 Å². The van der Waals surface area contributed by atoms with Crippen LogP contribution >= 0.6 is 15.9 Å². The Labute approximate surface area is 127 Å². The molecule has 1 aromatic carbocycles. The molecule has 108 valence electrons. The van der Waals surface area contributed by atoms with Crippen LogP contribution in [0.5, 0.6) is 0 Å². The van der Waals surface area contributed by atoms with Crippen LogP contribution < -0.4 is 5.32 Å².